The number of aromatic nitrogens is 3. The molecule has 1 aliphatic heterocycles. The number of rotatable bonds is 6. The maximum absolute atomic E-state index is 12.3. The highest BCUT2D eigenvalue weighted by molar-refractivity contribution is 5.95. The summed E-state index contributed by atoms with van der Waals surface area (Å²) in [5, 5.41) is 17.8. The fourth-order valence-electron chi connectivity index (χ4n) is 4.01. The van der Waals surface area contributed by atoms with E-state index in [-0.39, 0.29) is 5.75 Å². The Morgan fingerprint density at radius 3 is 2.52 bits per heavy atom. The van der Waals surface area contributed by atoms with Crippen LogP contribution in [-0.4, -0.2) is 38.9 Å². The lowest BCUT2D eigenvalue weighted by atomic mass is 9.95. The number of hydrogen-bond acceptors (Lipinski definition) is 6. The summed E-state index contributed by atoms with van der Waals surface area (Å²) in [4.78, 5) is 19.2. The Balaban J connectivity index is 1.77. The van der Waals surface area contributed by atoms with Crippen molar-refractivity contribution in [2.24, 2.45) is 5.73 Å². The number of nitrogens with one attached hydrogen (secondary N) is 1. The summed E-state index contributed by atoms with van der Waals surface area (Å²) in [5.74, 6) is 0.604. The van der Waals surface area contributed by atoms with E-state index in [1.165, 1.54) is 0 Å². The molecule has 0 radical (unpaired) electrons. The van der Waals surface area contributed by atoms with Gasteiger partial charge in [-0.2, -0.15) is 4.98 Å². The van der Waals surface area contributed by atoms with Crippen molar-refractivity contribution < 1.29 is 9.90 Å². The number of amides is 1. The van der Waals surface area contributed by atoms with Crippen LogP contribution < -0.4 is 16.0 Å². The van der Waals surface area contributed by atoms with Crippen molar-refractivity contribution in [3.63, 3.8) is 0 Å². The van der Waals surface area contributed by atoms with Crippen LogP contribution in [0.25, 0.3) is 11.4 Å². The van der Waals surface area contributed by atoms with Crippen LogP contribution in [0.1, 0.15) is 32.4 Å². The quantitative estimate of drug-likeness (QED) is 0.567. The summed E-state index contributed by atoms with van der Waals surface area (Å²) in [7, 11) is 0. The number of aromatic hydroxyl groups is 1. The minimum absolute atomic E-state index is 0.103. The van der Waals surface area contributed by atoms with Crippen LogP contribution >= 0.6 is 0 Å². The monoisotopic (exact) mass is 418 g/mol. The van der Waals surface area contributed by atoms with Crippen molar-refractivity contribution in [3.05, 3.63) is 65.4 Å². The van der Waals surface area contributed by atoms with E-state index in [1.807, 2.05) is 18.2 Å². The van der Waals surface area contributed by atoms with Crippen LogP contribution in [0.15, 0.2) is 59.8 Å². The van der Waals surface area contributed by atoms with Crippen molar-refractivity contribution in [1.82, 2.24) is 14.8 Å². The Bertz CT molecular complexity index is 1150. The number of carbonyl (C=O) groups is 1. The summed E-state index contributed by atoms with van der Waals surface area (Å²) in [6.07, 6.45) is 0. The van der Waals surface area contributed by atoms with E-state index in [2.05, 4.69) is 41.2 Å². The van der Waals surface area contributed by atoms with Crippen molar-refractivity contribution in [2.75, 3.05) is 23.3 Å². The van der Waals surface area contributed by atoms with Crippen molar-refractivity contribution >= 4 is 17.5 Å². The molecular weight excluding hydrogens is 392 g/mol. The number of primary amides is 1. The molecule has 0 bridgehead atoms. The van der Waals surface area contributed by atoms with Crippen LogP contribution in [0.5, 0.6) is 5.75 Å². The van der Waals surface area contributed by atoms with Gasteiger partial charge in [0.2, 0.25) is 11.9 Å². The molecule has 0 saturated carbocycles. The number of nitrogens with two attached hydrogens (primary N) is 1. The number of allylic oxidation sites excluding steroid dienone is 1. The van der Waals surface area contributed by atoms with Crippen LogP contribution in [0.4, 0.5) is 11.6 Å². The normalized spacial score (nSPS) is 15.4. The van der Waals surface area contributed by atoms with Crippen molar-refractivity contribution in [2.45, 2.75) is 26.8 Å². The zero-order valence-corrected chi connectivity index (χ0v) is 17.8. The van der Waals surface area contributed by atoms with Crippen LogP contribution in [0.3, 0.4) is 0 Å². The molecule has 3 aromatic rings. The zero-order valence-electron chi connectivity index (χ0n) is 17.8. The van der Waals surface area contributed by atoms with Gasteiger partial charge < -0.3 is 21.1 Å². The average molecular weight is 419 g/mol. The lowest BCUT2D eigenvalue weighted by Gasteiger charge is -2.27. The van der Waals surface area contributed by atoms with Gasteiger partial charge in [-0.05, 0) is 62.7 Å². The molecule has 4 N–H and O–H groups in total. The van der Waals surface area contributed by atoms with Gasteiger partial charge in [0.1, 0.15) is 11.8 Å². The van der Waals surface area contributed by atoms with Gasteiger partial charge in [0.25, 0.3) is 0 Å². The summed E-state index contributed by atoms with van der Waals surface area (Å²) in [6.45, 7) is 7.90. The van der Waals surface area contributed by atoms with Crippen LogP contribution in [0.2, 0.25) is 0 Å². The van der Waals surface area contributed by atoms with Gasteiger partial charge in [-0.25, -0.2) is 4.68 Å². The Morgan fingerprint density at radius 1 is 1.19 bits per heavy atom. The Kier molecular flexibility index (Phi) is 5.37. The zero-order chi connectivity index (χ0) is 22.1. The third kappa shape index (κ3) is 3.72. The van der Waals surface area contributed by atoms with E-state index in [9.17, 15) is 9.90 Å². The number of anilines is 2. The summed E-state index contributed by atoms with van der Waals surface area (Å²) in [5.41, 5.74) is 9.41. The van der Waals surface area contributed by atoms with E-state index in [0.29, 0.717) is 28.6 Å². The molecule has 31 heavy (non-hydrogen) atoms. The van der Waals surface area contributed by atoms with Crippen molar-refractivity contribution in [1.29, 1.82) is 0 Å². The van der Waals surface area contributed by atoms with Crippen LogP contribution in [0, 0.1) is 0 Å². The summed E-state index contributed by atoms with van der Waals surface area (Å²) in [6, 6.07) is 14.3. The average Bonchev–Trinajstić information content (AvgIpc) is 3.17. The first-order valence-corrected chi connectivity index (χ1v) is 10.3. The van der Waals surface area contributed by atoms with Crippen molar-refractivity contribution in [3.8, 4) is 17.1 Å². The van der Waals surface area contributed by atoms with Gasteiger partial charge in [-0.1, -0.05) is 12.1 Å². The molecular formula is C23H26N6O2. The van der Waals surface area contributed by atoms with Gasteiger partial charge >= 0.3 is 0 Å². The molecule has 0 spiro atoms. The summed E-state index contributed by atoms with van der Waals surface area (Å²) < 4.78 is 1.65. The van der Waals surface area contributed by atoms with E-state index in [1.54, 1.807) is 29.8 Å². The molecule has 8 heteroatoms. The minimum atomic E-state index is -0.586. The first kappa shape index (κ1) is 20.5. The number of phenolic OH excluding ortho intramolecular Hbond substituents is 1. The van der Waals surface area contributed by atoms with Gasteiger partial charge in [0.15, 0.2) is 5.82 Å². The number of carbonyl (C=O) groups excluding carboxylic acids is 1. The highest BCUT2D eigenvalue weighted by Crippen LogP contribution is 2.37. The first-order valence-electron chi connectivity index (χ1n) is 10.3. The Morgan fingerprint density at radius 2 is 1.90 bits per heavy atom. The Labute approximate surface area is 181 Å². The highest BCUT2D eigenvalue weighted by Gasteiger charge is 2.33. The fourth-order valence-corrected chi connectivity index (χ4v) is 4.01. The second-order valence-electron chi connectivity index (χ2n) is 7.45. The molecule has 0 aliphatic carbocycles. The molecule has 4 rings (SSSR count). The molecule has 1 amide bonds. The highest BCUT2D eigenvalue weighted by atomic mass is 16.3. The minimum Gasteiger partial charge on any atom is -0.508 e. The second kappa shape index (κ2) is 8.14. The molecule has 8 nitrogen and oxygen atoms in total. The van der Waals surface area contributed by atoms with E-state index >= 15 is 0 Å². The molecule has 1 aliphatic rings. The topological polar surface area (TPSA) is 109 Å². The van der Waals surface area contributed by atoms with Gasteiger partial charge in [0, 0.05) is 30.0 Å². The number of fused-ring (bicyclic) bond motifs is 1. The number of phenols is 1. The predicted molar refractivity (Wildman–Crippen MR) is 121 cm³/mol. The van der Waals surface area contributed by atoms with Gasteiger partial charge in [-0.3, -0.25) is 4.79 Å². The maximum atomic E-state index is 12.3. The molecule has 160 valence electrons. The number of nitrogens with zero attached hydrogens (tertiary/aromatic N) is 4. The number of benzene rings is 2. The predicted octanol–water partition coefficient (Wildman–Crippen LogP) is 3.27. The molecule has 2 aromatic carbocycles. The molecule has 1 unspecified atom stereocenters. The third-order valence-electron chi connectivity index (χ3n) is 5.56. The first-order chi connectivity index (χ1) is 14.9. The van der Waals surface area contributed by atoms with E-state index in [4.69, 9.17) is 10.8 Å². The maximum Gasteiger partial charge on any atom is 0.248 e. The molecule has 1 atom stereocenters. The molecule has 0 fully saturated rings. The summed E-state index contributed by atoms with van der Waals surface area (Å²) >= 11 is 0. The lowest BCUT2D eigenvalue weighted by Crippen LogP contribution is -2.31. The number of hydrogen-bond donors (Lipinski definition) is 3. The van der Waals surface area contributed by atoms with E-state index < -0.39 is 11.9 Å². The third-order valence-corrected chi connectivity index (χ3v) is 5.56. The van der Waals surface area contributed by atoms with Gasteiger partial charge in [0.05, 0.1) is 5.57 Å². The largest absolute Gasteiger partial charge is 0.508 e. The molecule has 2 heterocycles. The molecule has 0 saturated heterocycles. The van der Waals surface area contributed by atoms with Crippen LogP contribution in [-0.2, 0) is 4.79 Å². The smallest absolute Gasteiger partial charge is 0.248 e. The second-order valence-corrected chi connectivity index (χ2v) is 7.45. The Hall–Kier alpha value is -3.81. The fraction of sp³-hybridized carbons (Fsp3) is 0.261. The standard InChI is InChI=1S/C23H26N6O2/c1-4-28(5-2)17-11-9-15(10-12-17)22-26-23-25-14(3)19(21(24)31)20(29(23)27-22)16-7-6-8-18(30)13-16/h6-13,20,30H,4-5H2,1-3H3,(H2,24,31)(H,25,26,27). The lowest BCUT2D eigenvalue weighted by molar-refractivity contribution is -0.115. The van der Waals surface area contributed by atoms with Gasteiger partial charge in [-0.15, -0.1) is 5.10 Å². The van der Waals surface area contributed by atoms with E-state index in [0.717, 1.165) is 24.3 Å². The molecule has 1 aromatic heterocycles. The SMILES string of the molecule is CCN(CC)c1ccc(-c2nc3n(n2)C(c2cccc(O)c2)C(C(N)=O)=C(C)N3)cc1.